The number of hydrogen-bond acceptors (Lipinski definition) is 5. The standard InChI is InChI=1S/C17H20F2N4O4/c18-10-7-11(19)15(21-8-10)16(26)22-12-5-9(6-13(12)24)17(27)23-3-1-14(25)20-2-4-23/h7-9,12-13,24H,1-6H2,(H,20,25)(H,22,26)/t9-,12+,13+/m0/s1. The third-order valence-electron chi connectivity index (χ3n) is 4.84. The number of amides is 3. The van der Waals surface area contributed by atoms with Gasteiger partial charge in [0.1, 0.15) is 5.82 Å². The van der Waals surface area contributed by atoms with Crippen molar-refractivity contribution >= 4 is 17.7 Å². The number of halogens is 2. The number of pyridine rings is 1. The molecule has 1 aliphatic carbocycles. The Kier molecular flexibility index (Phi) is 5.64. The summed E-state index contributed by atoms with van der Waals surface area (Å²) in [6, 6.07) is -0.196. The van der Waals surface area contributed by atoms with Gasteiger partial charge in [0.2, 0.25) is 11.8 Å². The molecular weight excluding hydrogens is 362 g/mol. The highest BCUT2D eigenvalue weighted by atomic mass is 19.1. The normalized spacial score (nSPS) is 25.7. The first kappa shape index (κ1) is 19.2. The number of hydrogen-bond donors (Lipinski definition) is 3. The van der Waals surface area contributed by atoms with Gasteiger partial charge in [-0.2, -0.15) is 0 Å². The van der Waals surface area contributed by atoms with Crippen molar-refractivity contribution in [2.24, 2.45) is 5.92 Å². The number of nitrogens with one attached hydrogen (secondary N) is 2. The maximum absolute atomic E-state index is 13.7. The van der Waals surface area contributed by atoms with Crippen molar-refractivity contribution in [2.75, 3.05) is 19.6 Å². The molecule has 0 bridgehead atoms. The Morgan fingerprint density at radius 1 is 1.30 bits per heavy atom. The van der Waals surface area contributed by atoms with Crippen LogP contribution < -0.4 is 10.6 Å². The van der Waals surface area contributed by atoms with Gasteiger partial charge in [0, 0.05) is 38.0 Å². The molecule has 1 saturated heterocycles. The summed E-state index contributed by atoms with van der Waals surface area (Å²) in [5.74, 6) is -3.70. The second-order valence-electron chi connectivity index (χ2n) is 6.72. The molecule has 0 aromatic carbocycles. The van der Waals surface area contributed by atoms with Crippen molar-refractivity contribution in [2.45, 2.75) is 31.4 Å². The van der Waals surface area contributed by atoms with Crippen LogP contribution in [-0.4, -0.2) is 64.5 Å². The van der Waals surface area contributed by atoms with E-state index < -0.39 is 41.3 Å². The molecule has 2 aliphatic rings. The molecule has 1 aromatic heterocycles. The Morgan fingerprint density at radius 3 is 2.81 bits per heavy atom. The molecule has 3 rings (SSSR count). The predicted molar refractivity (Wildman–Crippen MR) is 88.3 cm³/mol. The monoisotopic (exact) mass is 382 g/mol. The average Bonchev–Trinajstić information content (AvgIpc) is 2.83. The van der Waals surface area contributed by atoms with Crippen LogP contribution in [0.15, 0.2) is 12.3 Å². The lowest BCUT2D eigenvalue weighted by Crippen LogP contribution is -2.41. The summed E-state index contributed by atoms with van der Waals surface area (Å²) in [6.45, 7) is 1.06. The van der Waals surface area contributed by atoms with E-state index in [1.165, 1.54) is 0 Å². The molecular formula is C17H20F2N4O4. The van der Waals surface area contributed by atoms with Gasteiger partial charge in [0.15, 0.2) is 11.5 Å². The van der Waals surface area contributed by atoms with Gasteiger partial charge in [-0.25, -0.2) is 13.8 Å². The summed E-state index contributed by atoms with van der Waals surface area (Å²) in [5, 5.41) is 15.3. The molecule has 0 spiro atoms. The first-order valence-electron chi connectivity index (χ1n) is 8.70. The van der Waals surface area contributed by atoms with Gasteiger partial charge in [-0.1, -0.05) is 0 Å². The number of aliphatic hydroxyl groups is 1. The van der Waals surface area contributed by atoms with Crippen LogP contribution in [0.3, 0.4) is 0 Å². The van der Waals surface area contributed by atoms with Crippen molar-refractivity contribution in [1.29, 1.82) is 0 Å². The largest absolute Gasteiger partial charge is 0.391 e. The third-order valence-corrected chi connectivity index (χ3v) is 4.84. The molecule has 0 radical (unpaired) electrons. The Balaban J connectivity index is 1.61. The summed E-state index contributed by atoms with van der Waals surface area (Å²) < 4.78 is 26.6. The lowest BCUT2D eigenvalue weighted by molar-refractivity contribution is -0.135. The lowest BCUT2D eigenvalue weighted by Gasteiger charge is -2.23. The van der Waals surface area contributed by atoms with E-state index in [2.05, 4.69) is 15.6 Å². The average molecular weight is 382 g/mol. The number of aliphatic hydroxyl groups excluding tert-OH is 1. The van der Waals surface area contributed by atoms with Gasteiger partial charge in [0.25, 0.3) is 5.91 Å². The molecule has 2 fully saturated rings. The molecule has 10 heteroatoms. The molecule has 3 amide bonds. The molecule has 1 saturated carbocycles. The Hall–Kier alpha value is -2.62. The van der Waals surface area contributed by atoms with Crippen LogP contribution in [0.1, 0.15) is 29.8 Å². The van der Waals surface area contributed by atoms with Crippen molar-refractivity contribution in [3.05, 3.63) is 29.6 Å². The SMILES string of the molecule is O=C1CCN(C(=O)[C@@H]2C[C@@H](O)[C@H](NC(=O)c3ncc(F)cc3F)C2)CCN1. The van der Waals surface area contributed by atoms with Crippen LogP contribution in [0.4, 0.5) is 8.78 Å². The first-order valence-corrected chi connectivity index (χ1v) is 8.70. The van der Waals surface area contributed by atoms with Gasteiger partial charge >= 0.3 is 0 Å². The van der Waals surface area contributed by atoms with Crippen LogP contribution >= 0.6 is 0 Å². The molecule has 2 heterocycles. The molecule has 3 atom stereocenters. The molecule has 8 nitrogen and oxygen atoms in total. The van der Waals surface area contributed by atoms with E-state index in [9.17, 15) is 28.3 Å². The fourth-order valence-electron chi connectivity index (χ4n) is 3.44. The van der Waals surface area contributed by atoms with E-state index in [1.807, 2.05) is 0 Å². The maximum Gasteiger partial charge on any atom is 0.273 e. The molecule has 0 unspecified atom stereocenters. The second-order valence-corrected chi connectivity index (χ2v) is 6.72. The van der Waals surface area contributed by atoms with Gasteiger partial charge in [-0.05, 0) is 12.8 Å². The number of carbonyl (C=O) groups excluding carboxylic acids is 3. The van der Waals surface area contributed by atoms with Crippen molar-refractivity contribution < 1.29 is 28.3 Å². The number of carbonyl (C=O) groups is 3. The Morgan fingerprint density at radius 2 is 2.07 bits per heavy atom. The van der Waals surface area contributed by atoms with E-state index in [0.29, 0.717) is 25.7 Å². The Bertz CT molecular complexity index is 760. The van der Waals surface area contributed by atoms with Crippen LogP contribution in [0.2, 0.25) is 0 Å². The third kappa shape index (κ3) is 4.38. The lowest BCUT2D eigenvalue weighted by atomic mass is 10.1. The number of rotatable bonds is 3. The fourth-order valence-corrected chi connectivity index (χ4v) is 3.44. The fraction of sp³-hybridized carbons (Fsp3) is 0.529. The van der Waals surface area contributed by atoms with Crippen LogP contribution in [-0.2, 0) is 9.59 Å². The summed E-state index contributed by atoms with van der Waals surface area (Å²) in [6.07, 6.45) is 0.312. The highest BCUT2D eigenvalue weighted by Gasteiger charge is 2.40. The highest BCUT2D eigenvalue weighted by molar-refractivity contribution is 5.93. The second kappa shape index (κ2) is 7.95. The van der Waals surface area contributed by atoms with E-state index in [0.717, 1.165) is 6.20 Å². The van der Waals surface area contributed by atoms with E-state index in [4.69, 9.17) is 0 Å². The summed E-state index contributed by atoms with van der Waals surface area (Å²) in [7, 11) is 0. The van der Waals surface area contributed by atoms with Gasteiger partial charge < -0.3 is 20.6 Å². The molecule has 1 aliphatic heterocycles. The smallest absolute Gasteiger partial charge is 0.273 e. The molecule has 146 valence electrons. The van der Waals surface area contributed by atoms with Gasteiger partial charge in [0.05, 0.1) is 18.3 Å². The number of aromatic nitrogens is 1. The van der Waals surface area contributed by atoms with Gasteiger partial charge in [-0.3, -0.25) is 14.4 Å². The van der Waals surface area contributed by atoms with E-state index in [1.54, 1.807) is 4.90 Å². The minimum Gasteiger partial charge on any atom is -0.391 e. The topological polar surface area (TPSA) is 112 Å². The summed E-state index contributed by atoms with van der Waals surface area (Å²) in [4.78, 5) is 41.2. The molecule has 3 N–H and O–H groups in total. The Labute approximate surface area is 153 Å². The zero-order valence-electron chi connectivity index (χ0n) is 14.5. The first-order chi connectivity index (χ1) is 12.8. The van der Waals surface area contributed by atoms with Gasteiger partial charge in [-0.15, -0.1) is 0 Å². The van der Waals surface area contributed by atoms with Crippen LogP contribution in [0.25, 0.3) is 0 Å². The molecule has 1 aromatic rings. The van der Waals surface area contributed by atoms with Crippen molar-refractivity contribution in [1.82, 2.24) is 20.5 Å². The quantitative estimate of drug-likeness (QED) is 0.657. The minimum atomic E-state index is -1.10. The van der Waals surface area contributed by atoms with Crippen LogP contribution in [0, 0.1) is 17.6 Å². The van der Waals surface area contributed by atoms with Crippen molar-refractivity contribution in [3.63, 3.8) is 0 Å². The number of nitrogens with zero attached hydrogens (tertiary/aromatic N) is 2. The summed E-state index contributed by atoms with van der Waals surface area (Å²) in [5.41, 5.74) is -0.574. The van der Waals surface area contributed by atoms with Crippen LogP contribution in [0.5, 0.6) is 0 Å². The zero-order chi connectivity index (χ0) is 19.6. The van der Waals surface area contributed by atoms with E-state index in [-0.39, 0.29) is 31.1 Å². The maximum atomic E-state index is 13.7. The van der Waals surface area contributed by atoms with Crippen molar-refractivity contribution in [3.8, 4) is 0 Å². The molecule has 27 heavy (non-hydrogen) atoms. The summed E-state index contributed by atoms with van der Waals surface area (Å²) >= 11 is 0. The zero-order valence-corrected chi connectivity index (χ0v) is 14.5. The predicted octanol–water partition coefficient (Wildman–Crippen LogP) is -0.422. The van der Waals surface area contributed by atoms with E-state index >= 15 is 0 Å². The minimum absolute atomic E-state index is 0.115. The highest BCUT2D eigenvalue weighted by Crippen LogP contribution is 2.28.